The lowest BCUT2D eigenvalue weighted by molar-refractivity contribution is 0.415. The van der Waals surface area contributed by atoms with Gasteiger partial charge in [0.25, 0.3) is 0 Å². The van der Waals surface area contributed by atoms with Crippen LogP contribution in [0.25, 0.3) is 0 Å². The number of aryl methyl sites for hydroxylation is 1. The van der Waals surface area contributed by atoms with Crippen LogP contribution in [0.2, 0.25) is 0 Å². The van der Waals surface area contributed by atoms with Gasteiger partial charge in [0.2, 0.25) is 10.0 Å². The summed E-state index contributed by atoms with van der Waals surface area (Å²) in [7, 11) is -3.41. The van der Waals surface area contributed by atoms with Crippen LogP contribution in [0.5, 0.6) is 0 Å². The second kappa shape index (κ2) is 6.32. The number of nitrogens with two attached hydrogens (primary N) is 1. The summed E-state index contributed by atoms with van der Waals surface area (Å²) in [6.45, 7) is 8.57. The Balaban J connectivity index is 2.27. The van der Waals surface area contributed by atoms with E-state index >= 15 is 0 Å². The molecule has 2 rings (SSSR count). The average molecular weight is 332 g/mol. The maximum absolute atomic E-state index is 12.8. The summed E-state index contributed by atoms with van der Waals surface area (Å²) in [4.78, 5) is 0.370. The largest absolute Gasteiger partial charge is 0.349 e. The Morgan fingerprint density at radius 3 is 2.67 bits per heavy atom. The number of thioether (sulfide) groups is 1. The van der Waals surface area contributed by atoms with Crippen molar-refractivity contribution < 1.29 is 8.42 Å². The second-order valence-corrected chi connectivity index (χ2v) is 9.66. The van der Waals surface area contributed by atoms with Gasteiger partial charge in [0.1, 0.15) is 4.90 Å². The van der Waals surface area contributed by atoms with Gasteiger partial charge in [0.15, 0.2) is 0 Å². The van der Waals surface area contributed by atoms with Crippen LogP contribution in [0.1, 0.15) is 32.9 Å². The van der Waals surface area contributed by atoms with Crippen molar-refractivity contribution in [2.24, 2.45) is 5.73 Å². The Kier molecular flexibility index (Phi) is 5.07. The lowest BCUT2D eigenvalue weighted by Crippen LogP contribution is -2.33. The summed E-state index contributed by atoms with van der Waals surface area (Å²) >= 11 is 1.84. The van der Waals surface area contributed by atoms with Crippen LogP contribution in [-0.2, 0) is 23.1 Å². The van der Waals surface area contributed by atoms with Gasteiger partial charge in [-0.15, -0.1) is 0 Å². The molecule has 1 aromatic heterocycles. The van der Waals surface area contributed by atoms with E-state index < -0.39 is 10.0 Å². The average Bonchev–Trinajstić information content (AvgIpc) is 2.77. The first-order valence-electron chi connectivity index (χ1n) is 7.33. The van der Waals surface area contributed by atoms with Gasteiger partial charge in [0, 0.05) is 48.6 Å². The van der Waals surface area contributed by atoms with Gasteiger partial charge in [-0.25, -0.2) is 8.42 Å². The van der Waals surface area contributed by atoms with Crippen molar-refractivity contribution in [2.75, 3.05) is 18.8 Å². The lowest BCUT2D eigenvalue weighted by atomic mass is 10.1. The molecule has 2 N–H and O–H groups in total. The predicted octanol–water partition coefficient (Wildman–Crippen LogP) is 1.87. The Hall–Kier alpha value is -0.500. The number of aromatic nitrogens is 1. The third kappa shape index (κ3) is 3.64. The molecule has 1 saturated heterocycles. The van der Waals surface area contributed by atoms with E-state index in [1.54, 1.807) is 16.6 Å². The first-order chi connectivity index (χ1) is 9.80. The Labute approximate surface area is 131 Å². The summed E-state index contributed by atoms with van der Waals surface area (Å²) in [6.07, 6.45) is 2.58. The highest BCUT2D eigenvalue weighted by molar-refractivity contribution is 8.00. The van der Waals surface area contributed by atoms with Crippen LogP contribution in [0.3, 0.4) is 0 Å². The Morgan fingerprint density at radius 2 is 2.10 bits per heavy atom. The van der Waals surface area contributed by atoms with Crippen molar-refractivity contribution >= 4 is 21.8 Å². The van der Waals surface area contributed by atoms with Crippen molar-refractivity contribution in [1.29, 1.82) is 0 Å². The maximum Gasteiger partial charge on any atom is 0.244 e. The number of hydrogen-bond acceptors (Lipinski definition) is 4. The normalized spacial score (nSPS) is 20.4. The van der Waals surface area contributed by atoms with Gasteiger partial charge < -0.3 is 10.3 Å². The lowest BCUT2D eigenvalue weighted by Gasteiger charge is -2.22. The molecule has 0 aliphatic carbocycles. The zero-order valence-electron chi connectivity index (χ0n) is 13.0. The van der Waals surface area contributed by atoms with E-state index in [1.807, 2.05) is 23.3 Å². The van der Waals surface area contributed by atoms with Gasteiger partial charge in [-0.2, -0.15) is 16.1 Å². The van der Waals surface area contributed by atoms with Crippen LogP contribution >= 0.6 is 11.8 Å². The molecule has 5 nitrogen and oxygen atoms in total. The number of hydrogen-bond donors (Lipinski definition) is 1. The molecular weight excluding hydrogens is 306 g/mol. The fourth-order valence-corrected chi connectivity index (χ4v) is 5.25. The topological polar surface area (TPSA) is 68.3 Å². The summed E-state index contributed by atoms with van der Waals surface area (Å²) < 4.78 is 29.3. The van der Waals surface area contributed by atoms with E-state index in [0.29, 0.717) is 24.5 Å². The van der Waals surface area contributed by atoms with Crippen molar-refractivity contribution in [1.82, 2.24) is 8.87 Å². The molecule has 0 amide bonds. The first kappa shape index (κ1) is 16.9. The van der Waals surface area contributed by atoms with E-state index in [0.717, 1.165) is 24.4 Å². The molecule has 1 aliphatic rings. The highest BCUT2D eigenvalue weighted by Crippen LogP contribution is 2.32. The fraction of sp³-hybridized carbons (Fsp3) is 0.714. The zero-order valence-corrected chi connectivity index (χ0v) is 14.6. The number of sulfonamides is 1. The predicted molar refractivity (Wildman–Crippen MR) is 87.9 cm³/mol. The Bertz CT molecular complexity index is 572. The van der Waals surface area contributed by atoms with Crippen LogP contribution in [0, 0.1) is 0 Å². The van der Waals surface area contributed by atoms with Gasteiger partial charge in [0.05, 0.1) is 0 Å². The van der Waals surface area contributed by atoms with E-state index in [4.69, 9.17) is 5.73 Å². The highest BCUT2D eigenvalue weighted by Gasteiger charge is 2.31. The van der Waals surface area contributed by atoms with Crippen molar-refractivity contribution in [2.45, 2.75) is 49.9 Å². The number of rotatable bonds is 4. The maximum atomic E-state index is 12.8. The molecule has 120 valence electrons. The minimum absolute atomic E-state index is 0.141. The highest BCUT2D eigenvalue weighted by atomic mass is 32.2. The molecule has 2 heterocycles. The summed E-state index contributed by atoms with van der Waals surface area (Å²) in [5.74, 6) is 0.838. The van der Waals surface area contributed by atoms with E-state index in [9.17, 15) is 8.42 Å². The zero-order chi connectivity index (χ0) is 15.7. The molecule has 0 bridgehead atoms. The third-order valence-electron chi connectivity index (χ3n) is 3.95. The van der Waals surface area contributed by atoms with Crippen LogP contribution in [0.4, 0.5) is 0 Å². The molecule has 1 aromatic rings. The molecule has 0 saturated carbocycles. The van der Waals surface area contributed by atoms with Crippen LogP contribution in [0.15, 0.2) is 17.2 Å². The van der Waals surface area contributed by atoms with Gasteiger partial charge in [-0.05, 0) is 19.4 Å². The summed E-state index contributed by atoms with van der Waals surface area (Å²) in [5, 5.41) is 0. The molecule has 0 unspecified atom stereocenters. The van der Waals surface area contributed by atoms with Crippen LogP contribution < -0.4 is 5.73 Å². The van der Waals surface area contributed by atoms with E-state index in [2.05, 4.69) is 13.8 Å². The molecule has 1 aliphatic heterocycles. The molecule has 21 heavy (non-hydrogen) atoms. The molecule has 0 radical (unpaired) electrons. The summed E-state index contributed by atoms with van der Waals surface area (Å²) in [5.41, 5.74) is 6.55. The van der Waals surface area contributed by atoms with Crippen molar-refractivity contribution in [3.05, 3.63) is 18.0 Å². The quantitative estimate of drug-likeness (QED) is 0.914. The third-order valence-corrected chi connectivity index (χ3v) is 7.18. The molecule has 7 heteroatoms. The Morgan fingerprint density at radius 1 is 1.38 bits per heavy atom. The number of nitrogens with zero attached hydrogens (tertiary/aromatic N) is 2. The fourth-order valence-electron chi connectivity index (χ4n) is 2.52. The summed E-state index contributed by atoms with van der Waals surface area (Å²) in [6, 6.07) is 1.71. The molecule has 1 fully saturated rings. The second-order valence-electron chi connectivity index (χ2n) is 5.92. The van der Waals surface area contributed by atoms with E-state index in [-0.39, 0.29) is 4.75 Å². The minimum Gasteiger partial charge on any atom is -0.349 e. The van der Waals surface area contributed by atoms with Gasteiger partial charge in [-0.1, -0.05) is 13.8 Å². The van der Waals surface area contributed by atoms with Crippen molar-refractivity contribution in [3.8, 4) is 0 Å². The van der Waals surface area contributed by atoms with Gasteiger partial charge in [-0.3, -0.25) is 0 Å². The first-order valence-corrected chi connectivity index (χ1v) is 9.76. The smallest absolute Gasteiger partial charge is 0.244 e. The van der Waals surface area contributed by atoms with E-state index in [1.165, 1.54) is 0 Å². The van der Waals surface area contributed by atoms with Crippen molar-refractivity contribution in [3.63, 3.8) is 0 Å². The van der Waals surface area contributed by atoms with Crippen LogP contribution in [-0.4, -0.2) is 40.9 Å². The molecule has 0 atom stereocenters. The standard InChI is InChI=1S/C14H25N3O2S2/c1-4-16-11-13(9-12(16)10-15)21(18,19)17-6-5-14(2,3)20-8-7-17/h9,11H,4-8,10,15H2,1-3H3. The molecular formula is C14H25N3O2S2. The SMILES string of the molecule is CCn1cc(S(=O)(=O)N2CCSC(C)(C)CC2)cc1CN. The monoisotopic (exact) mass is 331 g/mol. The molecule has 0 spiro atoms. The van der Waals surface area contributed by atoms with Gasteiger partial charge >= 0.3 is 0 Å². The molecule has 0 aromatic carbocycles. The minimum atomic E-state index is -3.41.